The highest BCUT2D eigenvalue weighted by Gasteiger charge is 2.39. The van der Waals surface area contributed by atoms with Crippen molar-refractivity contribution in [1.29, 1.82) is 0 Å². The number of non-ortho nitro benzene ring substituents is 1. The first kappa shape index (κ1) is 23.6. The van der Waals surface area contributed by atoms with Crippen LogP contribution in [0.15, 0.2) is 83.6 Å². The molecule has 5 rings (SSSR count). The first-order chi connectivity index (χ1) is 17.3. The van der Waals surface area contributed by atoms with Crippen molar-refractivity contribution in [2.75, 3.05) is 24.2 Å². The number of carbonyl (C=O) groups is 1. The average Bonchev–Trinajstić information content (AvgIpc) is 2.84. The summed E-state index contributed by atoms with van der Waals surface area (Å²) in [7, 11) is 2.00. The van der Waals surface area contributed by atoms with Crippen LogP contribution in [-0.4, -0.2) is 34.4 Å². The Bertz CT molecular complexity index is 1540. The van der Waals surface area contributed by atoms with Crippen molar-refractivity contribution in [2.24, 2.45) is 0 Å². The van der Waals surface area contributed by atoms with E-state index in [1.807, 2.05) is 43.4 Å². The molecule has 10 heteroatoms. The number of quaternary nitrogens is 1. The van der Waals surface area contributed by atoms with Gasteiger partial charge in [0.05, 0.1) is 29.1 Å². The minimum absolute atomic E-state index is 0.0774. The summed E-state index contributed by atoms with van der Waals surface area (Å²) in [6.45, 7) is 1.31. The minimum Gasteiger partial charge on any atom is -0.340 e. The quantitative estimate of drug-likeness (QED) is 0.133. The first-order valence-corrected chi connectivity index (χ1v) is 12.0. The average molecular weight is 546 g/mol. The summed E-state index contributed by atoms with van der Waals surface area (Å²) in [4.78, 5) is 32.0. The van der Waals surface area contributed by atoms with E-state index in [1.165, 1.54) is 18.5 Å². The molecule has 9 nitrogen and oxygen atoms in total. The van der Waals surface area contributed by atoms with Crippen molar-refractivity contribution >= 4 is 61.3 Å². The Hall–Kier alpha value is -4.15. The Labute approximate surface area is 215 Å². The van der Waals surface area contributed by atoms with Gasteiger partial charge < -0.3 is 10.6 Å². The van der Waals surface area contributed by atoms with E-state index < -0.39 is 0 Å². The molecule has 0 bridgehead atoms. The van der Waals surface area contributed by atoms with Gasteiger partial charge in [-0.15, -0.1) is 0 Å². The third-order valence-electron chi connectivity index (χ3n) is 6.15. The molecule has 0 spiro atoms. The van der Waals surface area contributed by atoms with Crippen molar-refractivity contribution in [3.63, 3.8) is 0 Å². The Kier molecular flexibility index (Phi) is 6.21. The molecule has 0 saturated carbocycles. The van der Waals surface area contributed by atoms with Crippen molar-refractivity contribution in [1.82, 2.24) is 14.5 Å². The van der Waals surface area contributed by atoms with Crippen LogP contribution in [0, 0.1) is 10.1 Å². The molecule has 2 heterocycles. The maximum atomic E-state index is 12.6. The predicted molar refractivity (Wildman–Crippen MR) is 144 cm³/mol. The van der Waals surface area contributed by atoms with Gasteiger partial charge in [-0.2, -0.15) is 0 Å². The zero-order valence-corrected chi connectivity index (χ0v) is 20.9. The highest BCUT2D eigenvalue weighted by Crippen LogP contribution is 2.40. The number of anilines is 3. The summed E-state index contributed by atoms with van der Waals surface area (Å²) in [6, 6.07) is 18.2. The lowest BCUT2D eigenvalue weighted by Crippen LogP contribution is -2.51. The van der Waals surface area contributed by atoms with E-state index in [-0.39, 0.29) is 16.5 Å². The molecule has 1 atom stereocenters. The van der Waals surface area contributed by atoms with Crippen LogP contribution in [0.3, 0.4) is 0 Å². The molecule has 1 aromatic heterocycles. The lowest BCUT2D eigenvalue weighted by molar-refractivity contribution is -0.384. The molecule has 0 fully saturated rings. The molecule has 36 heavy (non-hydrogen) atoms. The second-order valence-corrected chi connectivity index (χ2v) is 9.70. The highest BCUT2D eigenvalue weighted by atomic mass is 79.9. The van der Waals surface area contributed by atoms with Crippen LogP contribution >= 0.6 is 15.9 Å². The van der Waals surface area contributed by atoms with Gasteiger partial charge in [0.25, 0.3) is 5.69 Å². The molecule has 180 valence electrons. The zero-order chi connectivity index (χ0) is 25.3. The van der Waals surface area contributed by atoms with Gasteiger partial charge in [-0.3, -0.25) is 19.4 Å². The molecule has 0 saturated heterocycles. The monoisotopic (exact) mass is 545 g/mol. The summed E-state index contributed by atoms with van der Waals surface area (Å²) in [6.07, 6.45) is 4.78. The van der Waals surface area contributed by atoms with Crippen molar-refractivity contribution in [3.05, 3.63) is 99.3 Å². The molecule has 1 amide bonds. The summed E-state index contributed by atoms with van der Waals surface area (Å²) < 4.78 is 1.46. The number of aromatic nitrogens is 2. The van der Waals surface area contributed by atoms with Gasteiger partial charge in [0.1, 0.15) is 30.9 Å². The Morgan fingerprint density at radius 2 is 2.00 bits per heavy atom. The number of hydrogen-bond donors (Lipinski definition) is 2. The molecule has 3 aromatic carbocycles. The van der Waals surface area contributed by atoms with Crippen molar-refractivity contribution in [2.45, 2.75) is 6.54 Å². The van der Waals surface area contributed by atoms with E-state index >= 15 is 0 Å². The Morgan fingerprint density at radius 3 is 2.81 bits per heavy atom. The van der Waals surface area contributed by atoms with E-state index in [2.05, 4.69) is 36.5 Å². The fourth-order valence-corrected chi connectivity index (χ4v) is 4.75. The van der Waals surface area contributed by atoms with E-state index in [1.54, 1.807) is 24.3 Å². The summed E-state index contributed by atoms with van der Waals surface area (Å²) in [5.74, 6) is 0.367. The lowest BCUT2D eigenvalue weighted by atomic mass is 9.99. The fraction of sp³-hybridized carbons (Fsp3) is 0.115. The van der Waals surface area contributed by atoms with Crippen LogP contribution < -0.4 is 15.1 Å². The molecule has 1 aliphatic rings. The van der Waals surface area contributed by atoms with Crippen LogP contribution in [0.25, 0.3) is 10.9 Å². The number of nitrogens with one attached hydrogen (secondary N) is 2. The van der Waals surface area contributed by atoms with Gasteiger partial charge in [0.2, 0.25) is 5.91 Å². The summed E-state index contributed by atoms with van der Waals surface area (Å²) in [5.41, 5.74) is 4.32. The molecule has 1 aliphatic heterocycles. The van der Waals surface area contributed by atoms with E-state index in [0.29, 0.717) is 22.5 Å². The number of benzene rings is 3. The standard InChI is InChI=1S/C26H21BrN6O3/c1-33(15-17-7-9-21(32(35)36)14-24(17)33)11-3-6-25(34)30-20-8-10-23-22(13-20)26(29-16-28-23)31-19-5-2-4-18(27)12-19/h2-10,12-14,16H,11,15H2,1H3,(H-,28,29,30,31,34)/p+1/b6-3+. The van der Waals surface area contributed by atoms with Crippen LogP contribution in [0.2, 0.25) is 0 Å². The van der Waals surface area contributed by atoms with Gasteiger partial charge >= 0.3 is 0 Å². The number of rotatable bonds is 7. The molecule has 0 radical (unpaired) electrons. The summed E-state index contributed by atoms with van der Waals surface area (Å²) in [5, 5.41) is 18.1. The molecular formula is C26H22BrN6O3+. The van der Waals surface area contributed by atoms with Gasteiger partial charge in [0, 0.05) is 33.4 Å². The van der Waals surface area contributed by atoms with Gasteiger partial charge in [-0.05, 0) is 48.5 Å². The third kappa shape index (κ3) is 4.81. The van der Waals surface area contributed by atoms with E-state index in [9.17, 15) is 14.9 Å². The second kappa shape index (κ2) is 9.48. The fourth-order valence-electron chi connectivity index (χ4n) is 4.35. The highest BCUT2D eigenvalue weighted by molar-refractivity contribution is 9.10. The molecule has 2 N–H and O–H groups in total. The number of carbonyl (C=O) groups excluding carboxylic acids is 1. The second-order valence-electron chi connectivity index (χ2n) is 8.79. The van der Waals surface area contributed by atoms with Crippen molar-refractivity contribution < 1.29 is 9.72 Å². The van der Waals surface area contributed by atoms with Crippen LogP contribution in [-0.2, 0) is 11.3 Å². The molecule has 0 aliphatic carbocycles. The van der Waals surface area contributed by atoms with Crippen LogP contribution in [0.4, 0.5) is 28.6 Å². The van der Waals surface area contributed by atoms with Crippen molar-refractivity contribution in [3.8, 4) is 0 Å². The normalized spacial score (nSPS) is 16.4. The topological polar surface area (TPSA) is 110 Å². The largest absolute Gasteiger partial charge is 0.340 e. The lowest BCUT2D eigenvalue weighted by Gasteiger charge is -2.42. The van der Waals surface area contributed by atoms with Crippen LogP contribution in [0.5, 0.6) is 0 Å². The van der Waals surface area contributed by atoms with E-state index in [4.69, 9.17) is 0 Å². The smallest absolute Gasteiger partial charge is 0.275 e. The number of nitro groups is 1. The molecule has 4 aromatic rings. The SMILES string of the molecule is C[N+]1(C/C=C/C(=O)Nc2ccc3ncnc(Nc4cccc(Br)c4)c3c2)Cc2ccc([N+](=O)[O-])cc21. The Morgan fingerprint density at radius 1 is 1.14 bits per heavy atom. The van der Waals surface area contributed by atoms with E-state index in [0.717, 1.165) is 38.9 Å². The number of amides is 1. The first-order valence-electron chi connectivity index (χ1n) is 11.2. The maximum Gasteiger partial charge on any atom is 0.275 e. The molecule has 1 unspecified atom stereocenters. The Balaban J connectivity index is 1.28. The van der Waals surface area contributed by atoms with Gasteiger partial charge in [-0.25, -0.2) is 9.97 Å². The third-order valence-corrected chi connectivity index (χ3v) is 6.64. The minimum atomic E-state index is -0.388. The number of halogens is 1. The summed E-state index contributed by atoms with van der Waals surface area (Å²) >= 11 is 3.47. The number of nitrogens with zero attached hydrogens (tertiary/aromatic N) is 4. The molecular weight excluding hydrogens is 524 g/mol. The number of fused-ring (bicyclic) bond motifs is 2. The maximum absolute atomic E-state index is 12.6. The van der Waals surface area contributed by atoms with Gasteiger partial charge in [0.15, 0.2) is 0 Å². The number of nitro benzene ring substituents is 1. The van der Waals surface area contributed by atoms with Crippen LogP contribution in [0.1, 0.15) is 5.56 Å². The predicted octanol–water partition coefficient (Wildman–Crippen LogP) is 5.69. The zero-order valence-electron chi connectivity index (χ0n) is 19.3. The number of likely N-dealkylation sites (N-methyl/N-ethyl adjacent to an activating group) is 1. The van der Waals surface area contributed by atoms with Gasteiger partial charge in [-0.1, -0.05) is 22.0 Å². The number of hydrogen-bond acceptors (Lipinski definition) is 6.